The van der Waals surface area contributed by atoms with Gasteiger partial charge in [-0.2, -0.15) is 0 Å². The molecule has 0 aromatic heterocycles. The lowest BCUT2D eigenvalue weighted by Gasteiger charge is -2.07. The van der Waals surface area contributed by atoms with Crippen molar-refractivity contribution < 1.29 is 24.5 Å². The van der Waals surface area contributed by atoms with Crippen molar-refractivity contribution in [2.24, 2.45) is 0 Å². The highest BCUT2D eigenvalue weighted by Crippen LogP contribution is 2.14. The lowest BCUT2D eigenvalue weighted by atomic mass is 10.1. The number of unbranched alkanes of at least 4 members (excludes halogenated alkanes) is 2. The Balaban J connectivity index is 2.47. The number of ether oxygens (including phenoxy) is 1. The zero-order valence-electron chi connectivity index (χ0n) is 11.5. The fourth-order valence-corrected chi connectivity index (χ4v) is 1.70. The van der Waals surface area contributed by atoms with Gasteiger partial charge in [0.25, 0.3) is 0 Å². The Bertz CT molecular complexity index is 438. The number of carbonyl (C=O) groups is 2. The molecule has 0 saturated carbocycles. The van der Waals surface area contributed by atoms with Gasteiger partial charge in [-0.15, -0.1) is 0 Å². The number of carbonyl (C=O) groups excluding carboxylic acids is 1. The summed E-state index contributed by atoms with van der Waals surface area (Å²) in [7, 11) is 0. The second kappa shape index (κ2) is 8.45. The smallest absolute Gasteiger partial charge is 0.337 e. The van der Waals surface area contributed by atoms with Gasteiger partial charge in [0.05, 0.1) is 0 Å². The average Bonchev–Trinajstić information content (AvgIpc) is 2.46. The maximum absolute atomic E-state index is 11.8. The lowest BCUT2D eigenvalue weighted by Crippen LogP contribution is -2.12. The molecule has 1 atom stereocenters. The van der Waals surface area contributed by atoms with Crippen LogP contribution in [0.25, 0.3) is 0 Å². The Labute approximate surface area is 118 Å². The number of hydrogen-bond donors (Lipinski definition) is 2. The van der Waals surface area contributed by atoms with Crippen molar-refractivity contribution in [2.75, 3.05) is 13.2 Å². The molecule has 1 unspecified atom stereocenters. The van der Waals surface area contributed by atoms with Gasteiger partial charge in [0.15, 0.2) is 11.9 Å². The van der Waals surface area contributed by atoms with Crippen LogP contribution in [0.3, 0.4) is 0 Å². The van der Waals surface area contributed by atoms with E-state index in [1.807, 2.05) is 0 Å². The first-order valence-corrected chi connectivity index (χ1v) is 6.68. The topological polar surface area (TPSA) is 83.8 Å². The third-order valence-corrected chi connectivity index (χ3v) is 2.91. The number of carboxylic acids is 1. The molecule has 1 aromatic carbocycles. The minimum absolute atomic E-state index is 0.0184. The summed E-state index contributed by atoms with van der Waals surface area (Å²) in [6, 6.07) is 5.87. The van der Waals surface area contributed by atoms with Crippen molar-refractivity contribution in [3.05, 3.63) is 35.4 Å². The van der Waals surface area contributed by atoms with Crippen LogP contribution in [0.15, 0.2) is 24.3 Å². The lowest BCUT2D eigenvalue weighted by molar-refractivity contribution is -0.146. The van der Waals surface area contributed by atoms with E-state index in [0.717, 1.165) is 19.3 Å². The highest BCUT2D eigenvalue weighted by molar-refractivity contribution is 5.97. The van der Waals surface area contributed by atoms with Crippen LogP contribution in [0.2, 0.25) is 0 Å². The molecule has 0 fully saturated rings. The number of aliphatic hydroxyl groups excluding tert-OH is 1. The van der Waals surface area contributed by atoms with E-state index in [1.165, 1.54) is 24.3 Å². The summed E-state index contributed by atoms with van der Waals surface area (Å²) >= 11 is 0. The Kier molecular flexibility index (Phi) is 6.90. The van der Waals surface area contributed by atoms with Crippen molar-refractivity contribution in [1.82, 2.24) is 0 Å². The molecule has 5 nitrogen and oxygen atoms in total. The summed E-state index contributed by atoms with van der Waals surface area (Å²) in [4.78, 5) is 22.4. The summed E-state index contributed by atoms with van der Waals surface area (Å²) in [6.45, 7) is 2.68. The Morgan fingerprint density at radius 1 is 1.20 bits per heavy atom. The van der Waals surface area contributed by atoms with E-state index in [4.69, 9.17) is 9.84 Å². The summed E-state index contributed by atoms with van der Waals surface area (Å²) < 4.78 is 5.27. The summed E-state index contributed by atoms with van der Waals surface area (Å²) in [5.41, 5.74) is 0.694. The molecule has 0 aliphatic rings. The first-order chi connectivity index (χ1) is 9.56. The van der Waals surface area contributed by atoms with E-state index in [0.29, 0.717) is 12.2 Å². The quantitative estimate of drug-likeness (QED) is 0.535. The molecule has 2 N–H and O–H groups in total. The van der Waals surface area contributed by atoms with Gasteiger partial charge in [-0.05, 0) is 12.0 Å². The minimum Gasteiger partial charge on any atom is -0.479 e. The molecule has 0 amide bonds. The van der Waals surface area contributed by atoms with E-state index in [1.54, 1.807) is 0 Å². The second-order valence-corrected chi connectivity index (χ2v) is 4.55. The van der Waals surface area contributed by atoms with Crippen LogP contribution < -0.4 is 0 Å². The molecule has 0 bridgehead atoms. The maximum Gasteiger partial charge on any atom is 0.337 e. The molecular formula is C15H20O5. The number of aliphatic carboxylic acids is 1. The van der Waals surface area contributed by atoms with Gasteiger partial charge in [-0.1, -0.05) is 44.0 Å². The Hall–Kier alpha value is -1.72. The van der Waals surface area contributed by atoms with Gasteiger partial charge in [0.1, 0.15) is 6.61 Å². The molecule has 0 saturated heterocycles. The van der Waals surface area contributed by atoms with Crippen LogP contribution in [0.5, 0.6) is 0 Å². The average molecular weight is 280 g/mol. The third kappa shape index (κ3) is 5.11. The number of Topliss-reactive ketones (excluding diaryl/α,β-unsaturated/α-hetero) is 1. The molecule has 1 rings (SSSR count). The normalized spacial score (nSPS) is 12.1. The van der Waals surface area contributed by atoms with Crippen LogP contribution in [0.4, 0.5) is 0 Å². The second-order valence-electron chi connectivity index (χ2n) is 4.55. The highest BCUT2D eigenvalue weighted by atomic mass is 16.5. The molecule has 0 aliphatic carbocycles. The van der Waals surface area contributed by atoms with Crippen LogP contribution in [-0.4, -0.2) is 35.2 Å². The SMILES string of the molecule is CCCCCOCC(=O)c1ccc(C(O)C(=O)O)cc1. The standard InChI is InChI=1S/C15H20O5/c1-2-3-4-9-20-10-13(16)11-5-7-12(8-6-11)14(17)15(18)19/h5-8,14,17H,2-4,9-10H2,1H3,(H,18,19). The van der Waals surface area contributed by atoms with Gasteiger partial charge >= 0.3 is 5.97 Å². The van der Waals surface area contributed by atoms with Crippen molar-refractivity contribution in [2.45, 2.75) is 32.3 Å². The number of ketones is 1. The predicted octanol–water partition coefficient (Wildman–Crippen LogP) is 2.19. The number of aliphatic hydroxyl groups is 1. The molecule has 110 valence electrons. The zero-order valence-corrected chi connectivity index (χ0v) is 11.5. The Morgan fingerprint density at radius 3 is 2.40 bits per heavy atom. The van der Waals surface area contributed by atoms with Crippen LogP contribution >= 0.6 is 0 Å². The predicted molar refractivity (Wildman–Crippen MR) is 73.7 cm³/mol. The highest BCUT2D eigenvalue weighted by Gasteiger charge is 2.16. The number of carboxylic acid groups (broad SMARTS) is 1. The van der Waals surface area contributed by atoms with Crippen molar-refractivity contribution in [3.8, 4) is 0 Å². The Morgan fingerprint density at radius 2 is 1.85 bits per heavy atom. The number of hydrogen-bond acceptors (Lipinski definition) is 4. The fourth-order valence-electron chi connectivity index (χ4n) is 1.70. The van der Waals surface area contributed by atoms with E-state index in [-0.39, 0.29) is 18.0 Å². The third-order valence-electron chi connectivity index (χ3n) is 2.91. The van der Waals surface area contributed by atoms with Crippen LogP contribution in [0.1, 0.15) is 48.2 Å². The van der Waals surface area contributed by atoms with Gasteiger partial charge in [-0.25, -0.2) is 4.79 Å². The first-order valence-electron chi connectivity index (χ1n) is 6.68. The maximum atomic E-state index is 11.8. The van der Waals surface area contributed by atoms with E-state index in [2.05, 4.69) is 6.92 Å². The molecule has 20 heavy (non-hydrogen) atoms. The molecule has 5 heteroatoms. The number of rotatable bonds is 9. The van der Waals surface area contributed by atoms with Gasteiger partial charge in [0, 0.05) is 12.2 Å². The molecule has 0 aliphatic heterocycles. The minimum atomic E-state index is -1.57. The van der Waals surface area contributed by atoms with Crippen LogP contribution in [0, 0.1) is 0 Å². The van der Waals surface area contributed by atoms with Crippen molar-refractivity contribution >= 4 is 11.8 Å². The summed E-state index contributed by atoms with van der Waals surface area (Å²) in [5, 5.41) is 18.0. The van der Waals surface area contributed by atoms with Crippen LogP contribution in [-0.2, 0) is 9.53 Å². The summed E-state index contributed by atoms with van der Waals surface area (Å²) in [6.07, 6.45) is 1.55. The molecule has 0 spiro atoms. The van der Waals surface area contributed by atoms with E-state index < -0.39 is 12.1 Å². The van der Waals surface area contributed by atoms with Gasteiger partial charge in [0.2, 0.25) is 0 Å². The van der Waals surface area contributed by atoms with E-state index >= 15 is 0 Å². The molecule has 0 heterocycles. The molecular weight excluding hydrogens is 260 g/mol. The van der Waals surface area contributed by atoms with Gasteiger partial charge < -0.3 is 14.9 Å². The molecule has 1 aromatic rings. The zero-order chi connectivity index (χ0) is 15.0. The largest absolute Gasteiger partial charge is 0.479 e. The number of benzene rings is 1. The monoisotopic (exact) mass is 280 g/mol. The van der Waals surface area contributed by atoms with Gasteiger partial charge in [-0.3, -0.25) is 4.79 Å². The first kappa shape index (κ1) is 16.3. The molecule has 0 radical (unpaired) electrons. The summed E-state index contributed by atoms with van der Waals surface area (Å²) in [5.74, 6) is -1.47. The fraction of sp³-hybridized carbons (Fsp3) is 0.467. The van der Waals surface area contributed by atoms with Crippen molar-refractivity contribution in [3.63, 3.8) is 0 Å². The van der Waals surface area contributed by atoms with E-state index in [9.17, 15) is 14.7 Å². The van der Waals surface area contributed by atoms with Crippen molar-refractivity contribution in [1.29, 1.82) is 0 Å².